The number of hydrogen-bond donors (Lipinski definition) is 0. The van der Waals surface area contributed by atoms with E-state index in [0.29, 0.717) is 60.2 Å². The van der Waals surface area contributed by atoms with E-state index in [9.17, 15) is 9.59 Å². The van der Waals surface area contributed by atoms with Gasteiger partial charge in [0.25, 0.3) is 5.56 Å². The molecule has 1 aromatic heterocycles. The van der Waals surface area contributed by atoms with Crippen molar-refractivity contribution in [1.82, 2.24) is 4.57 Å². The predicted octanol–water partition coefficient (Wildman–Crippen LogP) is 6.25. The quantitative estimate of drug-likeness (QED) is 0.169. The van der Waals surface area contributed by atoms with Crippen molar-refractivity contribution in [2.75, 3.05) is 20.8 Å². The number of halogens is 1. The van der Waals surface area contributed by atoms with Gasteiger partial charge in [-0.2, -0.15) is 0 Å². The van der Waals surface area contributed by atoms with Gasteiger partial charge in [-0.25, -0.2) is 9.79 Å². The number of rotatable bonds is 11. The van der Waals surface area contributed by atoms with Crippen LogP contribution in [0.1, 0.15) is 56.0 Å². The van der Waals surface area contributed by atoms with Gasteiger partial charge in [-0.3, -0.25) is 9.36 Å². The molecule has 2 heterocycles. The average Bonchev–Trinajstić information content (AvgIpc) is 3.34. The average molecular weight is 722 g/mol. The molecule has 3 aromatic carbocycles. The summed E-state index contributed by atoms with van der Waals surface area (Å²) in [6.07, 6.45) is 1.71. The Morgan fingerprint density at radius 3 is 2.36 bits per heavy atom. The van der Waals surface area contributed by atoms with E-state index in [0.717, 1.165) is 5.56 Å². The van der Waals surface area contributed by atoms with Gasteiger partial charge in [-0.05, 0) is 81.7 Å². The summed E-state index contributed by atoms with van der Waals surface area (Å²) in [5.74, 6) is 1.59. The van der Waals surface area contributed by atoms with E-state index in [1.54, 1.807) is 46.3 Å². The number of ether oxygens (including phenoxy) is 5. The molecule has 0 unspecified atom stereocenters. The maximum Gasteiger partial charge on any atom is 0.338 e. The molecule has 0 bridgehead atoms. The summed E-state index contributed by atoms with van der Waals surface area (Å²) in [5, 5.41) is 0. The fourth-order valence-corrected chi connectivity index (χ4v) is 6.71. The molecule has 1 atom stereocenters. The molecule has 4 aromatic rings. The molecule has 0 fully saturated rings. The Hall–Kier alpha value is -4.35. The van der Waals surface area contributed by atoms with Crippen LogP contribution < -0.4 is 33.8 Å². The normalized spacial score (nSPS) is 14.5. The Morgan fingerprint density at radius 1 is 1.00 bits per heavy atom. The first kappa shape index (κ1) is 34.0. The fraction of sp³-hybridized carbons (Fsp3) is 0.306. The molecule has 0 amide bonds. The van der Waals surface area contributed by atoms with Crippen molar-refractivity contribution < 1.29 is 28.5 Å². The minimum atomic E-state index is -0.801. The van der Waals surface area contributed by atoms with E-state index in [-0.39, 0.29) is 23.8 Å². The highest BCUT2D eigenvalue weighted by Crippen LogP contribution is 2.37. The van der Waals surface area contributed by atoms with Gasteiger partial charge in [0.05, 0.1) is 48.8 Å². The lowest BCUT2D eigenvalue weighted by molar-refractivity contribution is -0.139. The molecule has 0 spiro atoms. The van der Waals surface area contributed by atoms with Crippen molar-refractivity contribution >= 4 is 39.3 Å². The largest absolute Gasteiger partial charge is 0.493 e. The predicted molar refractivity (Wildman–Crippen MR) is 185 cm³/mol. The second-order valence-electron chi connectivity index (χ2n) is 11.2. The number of fused-ring (bicyclic) bond motifs is 1. The van der Waals surface area contributed by atoms with Crippen LogP contribution in [0, 0.1) is 6.92 Å². The van der Waals surface area contributed by atoms with Crippen LogP contribution in [-0.4, -0.2) is 37.5 Å². The van der Waals surface area contributed by atoms with Crippen molar-refractivity contribution in [3.8, 4) is 23.0 Å². The van der Waals surface area contributed by atoms with Crippen LogP contribution in [0.2, 0.25) is 0 Å². The van der Waals surface area contributed by atoms with Gasteiger partial charge in [0.15, 0.2) is 27.8 Å². The first-order valence-electron chi connectivity index (χ1n) is 15.1. The van der Waals surface area contributed by atoms with E-state index >= 15 is 0 Å². The maximum atomic E-state index is 14.2. The number of hydrogen-bond acceptors (Lipinski definition) is 9. The number of thiazole rings is 1. The van der Waals surface area contributed by atoms with E-state index in [4.69, 9.17) is 23.7 Å². The summed E-state index contributed by atoms with van der Waals surface area (Å²) < 4.78 is 31.4. The number of nitrogens with zero attached hydrogens (tertiary/aromatic N) is 2. The third-order valence-electron chi connectivity index (χ3n) is 7.47. The zero-order valence-corrected chi connectivity index (χ0v) is 29.8. The SMILES string of the molecule is CCOC(=O)C1=C(C)N=c2s/c(=C\c3cc(OC)c(OCc4ccc(C)cc4)cc3Br)c(=O)n2[C@H]1c1ccc(OC(C)C)c(OC)c1. The van der Waals surface area contributed by atoms with E-state index < -0.39 is 12.0 Å². The molecule has 1 aliphatic rings. The summed E-state index contributed by atoms with van der Waals surface area (Å²) in [5.41, 5.74) is 4.02. The fourth-order valence-electron chi connectivity index (χ4n) is 5.23. The van der Waals surface area contributed by atoms with E-state index in [2.05, 4.69) is 20.9 Å². The third kappa shape index (κ3) is 7.31. The molecule has 11 heteroatoms. The smallest absolute Gasteiger partial charge is 0.338 e. The van der Waals surface area contributed by atoms with Gasteiger partial charge in [-0.15, -0.1) is 0 Å². The molecule has 0 N–H and O–H groups in total. The van der Waals surface area contributed by atoms with Gasteiger partial charge in [-0.1, -0.05) is 63.2 Å². The van der Waals surface area contributed by atoms with Crippen molar-refractivity contribution in [3.63, 3.8) is 0 Å². The number of aryl methyl sites for hydroxylation is 1. The van der Waals surface area contributed by atoms with Gasteiger partial charge in [0, 0.05) is 4.47 Å². The lowest BCUT2D eigenvalue weighted by atomic mass is 9.95. The van der Waals surface area contributed by atoms with Gasteiger partial charge in [0.1, 0.15) is 6.61 Å². The number of aromatic nitrogens is 1. The van der Waals surface area contributed by atoms with Gasteiger partial charge in [0.2, 0.25) is 0 Å². The topological polar surface area (TPSA) is 97.6 Å². The molecule has 246 valence electrons. The first-order valence-corrected chi connectivity index (χ1v) is 16.8. The molecule has 47 heavy (non-hydrogen) atoms. The van der Waals surface area contributed by atoms with Gasteiger partial charge < -0.3 is 23.7 Å². The molecule has 1 aliphatic heterocycles. The second kappa shape index (κ2) is 14.6. The first-order chi connectivity index (χ1) is 22.5. The standard InChI is InChI=1S/C36H37BrN2O7S/c1-8-44-35(41)32-22(5)38-36-39(33(32)24-13-14-27(46-20(2)3)28(15-24)42-6)34(40)31(47-36)17-25-16-29(43-7)30(18-26(25)37)45-19-23-11-9-21(4)10-12-23/h9-18,20,33H,8,19H2,1-7H3/b31-17-/t33-/m0/s1. The number of carbonyl (C=O) groups is 1. The number of benzene rings is 3. The Kier molecular flexibility index (Phi) is 10.6. The number of carbonyl (C=O) groups excluding carboxylic acids is 1. The second-order valence-corrected chi connectivity index (χ2v) is 13.0. The van der Waals surface area contributed by atoms with Crippen LogP contribution in [0.15, 0.2) is 80.1 Å². The molecule has 0 saturated heterocycles. The molecule has 0 radical (unpaired) electrons. The third-order valence-corrected chi connectivity index (χ3v) is 9.14. The monoisotopic (exact) mass is 720 g/mol. The van der Waals surface area contributed by atoms with E-state index in [1.807, 2.05) is 63.2 Å². The molecule has 5 rings (SSSR count). The highest BCUT2D eigenvalue weighted by Gasteiger charge is 2.34. The number of esters is 1. The summed E-state index contributed by atoms with van der Waals surface area (Å²) in [6.45, 7) is 9.94. The van der Waals surface area contributed by atoms with E-state index in [1.165, 1.54) is 21.5 Å². The molecular weight excluding hydrogens is 684 g/mol. The van der Waals surface area contributed by atoms with Crippen molar-refractivity contribution in [3.05, 3.63) is 112 Å². The van der Waals surface area contributed by atoms with Gasteiger partial charge >= 0.3 is 5.97 Å². The highest BCUT2D eigenvalue weighted by molar-refractivity contribution is 9.10. The van der Waals surface area contributed by atoms with Crippen molar-refractivity contribution in [2.24, 2.45) is 4.99 Å². The van der Waals surface area contributed by atoms with Crippen LogP contribution >= 0.6 is 27.3 Å². The number of allylic oxidation sites excluding steroid dienone is 1. The summed E-state index contributed by atoms with van der Waals surface area (Å²) in [7, 11) is 3.13. The summed E-state index contributed by atoms with van der Waals surface area (Å²) in [4.78, 5) is 32.7. The molecule has 0 saturated carbocycles. The lowest BCUT2D eigenvalue weighted by Crippen LogP contribution is -2.40. The number of methoxy groups -OCH3 is 2. The molecular formula is C36H37BrN2O7S. The Balaban J connectivity index is 1.59. The maximum absolute atomic E-state index is 14.2. The Labute approximate surface area is 285 Å². The van der Waals surface area contributed by atoms with Crippen molar-refractivity contribution in [1.29, 1.82) is 0 Å². The molecule has 9 nitrogen and oxygen atoms in total. The van der Waals surface area contributed by atoms with Crippen molar-refractivity contribution in [2.45, 2.75) is 53.4 Å². The Bertz CT molecular complexity index is 2010. The highest BCUT2D eigenvalue weighted by atomic mass is 79.9. The van der Waals surface area contributed by atoms with Crippen LogP contribution in [0.25, 0.3) is 6.08 Å². The van der Waals surface area contributed by atoms with Crippen LogP contribution in [0.3, 0.4) is 0 Å². The summed E-state index contributed by atoms with van der Waals surface area (Å²) in [6, 6.07) is 16.4. The molecule has 0 aliphatic carbocycles. The zero-order chi connectivity index (χ0) is 33.8. The summed E-state index contributed by atoms with van der Waals surface area (Å²) >= 11 is 4.89. The lowest BCUT2D eigenvalue weighted by Gasteiger charge is -2.25. The zero-order valence-electron chi connectivity index (χ0n) is 27.4. The van der Waals surface area contributed by atoms with Crippen LogP contribution in [0.4, 0.5) is 0 Å². The minimum Gasteiger partial charge on any atom is -0.493 e. The van der Waals surface area contributed by atoms with Crippen LogP contribution in [-0.2, 0) is 16.1 Å². The Morgan fingerprint density at radius 2 is 1.70 bits per heavy atom. The van der Waals surface area contributed by atoms with Crippen LogP contribution in [0.5, 0.6) is 23.0 Å². The minimum absolute atomic E-state index is 0.0728.